The highest BCUT2D eigenvalue weighted by atomic mass is 16.5. The summed E-state index contributed by atoms with van der Waals surface area (Å²) in [5, 5.41) is 13.3. The number of rotatable bonds is 4. The molecule has 4 aromatic rings. The number of benzene rings is 2. The average molecular weight is 336 g/mol. The minimum absolute atomic E-state index is 0.285. The molecule has 5 heteroatoms. The molecular formula is C20H21BO4. The molecule has 0 saturated heterocycles. The number of aliphatic hydroxyl groups is 1. The standard InChI is InChI=1S/C20H21BO4/c1-19(2,22)20(3,4)25-21-17-11-14-16(23-17)10-9-13-12-7-5-6-8-15(12)24-18(13)14/h5-11,21-22H,1-4H3. The van der Waals surface area contributed by atoms with E-state index in [0.29, 0.717) is 5.66 Å². The molecule has 0 spiro atoms. The molecular weight excluding hydrogens is 315 g/mol. The van der Waals surface area contributed by atoms with Gasteiger partial charge in [-0.15, -0.1) is 0 Å². The quantitative estimate of drug-likeness (QED) is 0.575. The number of para-hydroxylation sites is 1. The van der Waals surface area contributed by atoms with Crippen molar-refractivity contribution in [2.75, 3.05) is 0 Å². The van der Waals surface area contributed by atoms with E-state index in [1.165, 1.54) is 0 Å². The second-order valence-electron chi connectivity index (χ2n) is 7.52. The van der Waals surface area contributed by atoms with Gasteiger partial charge in [-0.3, -0.25) is 0 Å². The first kappa shape index (κ1) is 16.2. The average Bonchev–Trinajstić information content (AvgIpc) is 3.12. The number of hydrogen-bond acceptors (Lipinski definition) is 4. The zero-order valence-corrected chi connectivity index (χ0v) is 14.9. The predicted molar refractivity (Wildman–Crippen MR) is 102 cm³/mol. The van der Waals surface area contributed by atoms with Gasteiger partial charge in [0.15, 0.2) is 0 Å². The van der Waals surface area contributed by atoms with Gasteiger partial charge in [0.2, 0.25) is 0 Å². The summed E-state index contributed by atoms with van der Waals surface area (Å²) in [7, 11) is 0.285. The molecule has 2 aromatic carbocycles. The maximum atomic E-state index is 10.2. The van der Waals surface area contributed by atoms with Crippen LogP contribution in [0.5, 0.6) is 0 Å². The number of hydrogen-bond donors (Lipinski definition) is 1. The van der Waals surface area contributed by atoms with Gasteiger partial charge in [0.1, 0.15) is 16.7 Å². The molecule has 2 aromatic heterocycles. The summed E-state index contributed by atoms with van der Waals surface area (Å²) in [6.45, 7) is 7.22. The third kappa shape index (κ3) is 2.64. The molecule has 128 valence electrons. The lowest BCUT2D eigenvalue weighted by atomic mass is 9.85. The maximum Gasteiger partial charge on any atom is 0.351 e. The lowest BCUT2D eigenvalue weighted by Crippen LogP contribution is -2.49. The van der Waals surface area contributed by atoms with Crippen molar-refractivity contribution in [2.24, 2.45) is 0 Å². The van der Waals surface area contributed by atoms with E-state index in [1.54, 1.807) is 13.8 Å². The number of furan rings is 2. The maximum absolute atomic E-state index is 10.2. The van der Waals surface area contributed by atoms with E-state index in [1.807, 2.05) is 50.2 Å². The van der Waals surface area contributed by atoms with Crippen molar-refractivity contribution >= 4 is 46.0 Å². The van der Waals surface area contributed by atoms with E-state index >= 15 is 0 Å². The van der Waals surface area contributed by atoms with Gasteiger partial charge >= 0.3 is 7.48 Å². The molecule has 0 atom stereocenters. The minimum Gasteiger partial charge on any atom is -0.468 e. The number of fused-ring (bicyclic) bond motifs is 5. The van der Waals surface area contributed by atoms with Crippen molar-refractivity contribution in [3.8, 4) is 0 Å². The van der Waals surface area contributed by atoms with Crippen LogP contribution < -0.4 is 5.66 Å². The van der Waals surface area contributed by atoms with Crippen LogP contribution in [0.4, 0.5) is 0 Å². The van der Waals surface area contributed by atoms with Crippen LogP contribution in [-0.2, 0) is 4.65 Å². The van der Waals surface area contributed by atoms with Crippen LogP contribution in [0, 0.1) is 0 Å². The Morgan fingerprint density at radius 2 is 1.60 bits per heavy atom. The molecule has 0 unspecified atom stereocenters. The summed E-state index contributed by atoms with van der Waals surface area (Å²) in [6.07, 6.45) is 0. The van der Waals surface area contributed by atoms with Crippen LogP contribution in [0.3, 0.4) is 0 Å². The largest absolute Gasteiger partial charge is 0.468 e. The van der Waals surface area contributed by atoms with Crippen molar-refractivity contribution in [3.63, 3.8) is 0 Å². The van der Waals surface area contributed by atoms with E-state index in [4.69, 9.17) is 13.5 Å². The van der Waals surface area contributed by atoms with E-state index in [2.05, 4.69) is 6.07 Å². The fourth-order valence-corrected chi connectivity index (χ4v) is 2.85. The summed E-state index contributed by atoms with van der Waals surface area (Å²) < 4.78 is 17.9. The van der Waals surface area contributed by atoms with E-state index in [9.17, 15) is 5.11 Å². The van der Waals surface area contributed by atoms with Crippen molar-refractivity contribution in [3.05, 3.63) is 42.5 Å². The van der Waals surface area contributed by atoms with Crippen molar-refractivity contribution in [1.29, 1.82) is 0 Å². The Kier molecular flexibility index (Phi) is 3.50. The molecule has 25 heavy (non-hydrogen) atoms. The van der Waals surface area contributed by atoms with Crippen LogP contribution in [0.1, 0.15) is 27.7 Å². The van der Waals surface area contributed by atoms with E-state index in [-0.39, 0.29) is 7.48 Å². The predicted octanol–water partition coefficient (Wildman–Crippen LogP) is 3.88. The second kappa shape index (κ2) is 5.38. The first-order chi connectivity index (χ1) is 11.8. The summed E-state index contributed by atoms with van der Waals surface area (Å²) in [5.41, 5.74) is 1.53. The molecule has 0 aliphatic rings. The molecule has 1 N–H and O–H groups in total. The first-order valence-corrected chi connectivity index (χ1v) is 8.45. The van der Waals surface area contributed by atoms with Gasteiger partial charge in [0.25, 0.3) is 0 Å². The molecule has 0 aliphatic heterocycles. The third-order valence-corrected chi connectivity index (χ3v) is 5.14. The van der Waals surface area contributed by atoms with Crippen LogP contribution >= 0.6 is 0 Å². The zero-order valence-electron chi connectivity index (χ0n) is 14.9. The SMILES string of the molecule is CC(C)(O)C(C)(C)OBc1cc2c(ccc3c4ccccc4oc23)o1. The molecule has 0 amide bonds. The Labute approximate surface area is 146 Å². The molecule has 0 bridgehead atoms. The fraction of sp³-hybridized carbons (Fsp3) is 0.300. The second-order valence-corrected chi connectivity index (χ2v) is 7.52. The van der Waals surface area contributed by atoms with Gasteiger partial charge in [-0.05, 0) is 52.0 Å². The van der Waals surface area contributed by atoms with Crippen molar-refractivity contribution < 1.29 is 18.6 Å². The lowest BCUT2D eigenvalue weighted by Gasteiger charge is -2.37. The highest BCUT2D eigenvalue weighted by Gasteiger charge is 2.36. The monoisotopic (exact) mass is 336 g/mol. The van der Waals surface area contributed by atoms with Gasteiger partial charge in [0, 0.05) is 10.8 Å². The Morgan fingerprint density at radius 1 is 0.880 bits per heavy atom. The molecule has 0 saturated carbocycles. The van der Waals surface area contributed by atoms with Gasteiger partial charge in [-0.25, -0.2) is 0 Å². The summed E-state index contributed by atoms with van der Waals surface area (Å²) in [5.74, 6) is 0. The van der Waals surface area contributed by atoms with Crippen molar-refractivity contribution in [2.45, 2.75) is 38.9 Å². The van der Waals surface area contributed by atoms with Crippen LogP contribution in [-0.4, -0.2) is 23.8 Å². The summed E-state index contributed by atoms with van der Waals surface area (Å²) in [4.78, 5) is 0. The van der Waals surface area contributed by atoms with E-state index < -0.39 is 11.2 Å². The lowest BCUT2D eigenvalue weighted by molar-refractivity contribution is -0.0895. The van der Waals surface area contributed by atoms with Crippen LogP contribution in [0.15, 0.2) is 51.3 Å². The van der Waals surface area contributed by atoms with Crippen molar-refractivity contribution in [1.82, 2.24) is 0 Å². The van der Waals surface area contributed by atoms with Gasteiger partial charge < -0.3 is 18.6 Å². The molecule has 0 aliphatic carbocycles. The molecule has 0 fully saturated rings. The third-order valence-electron chi connectivity index (χ3n) is 5.14. The Morgan fingerprint density at radius 3 is 2.36 bits per heavy atom. The highest BCUT2D eigenvalue weighted by molar-refractivity contribution is 6.46. The zero-order chi connectivity index (χ0) is 17.8. The highest BCUT2D eigenvalue weighted by Crippen LogP contribution is 2.34. The molecule has 2 heterocycles. The van der Waals surface area contributed by atoms with Crippen LogP contribution in [0.25, 0.3) is 32.9 Å². The normalized spacial score (nSPS) is 13.2. The first-order valence-electron chi connectivity index (χ1n) is 8.45. The van der Waals surface area contributed by atoms with Gasteiger partial charge in [0.05, 0.1) is 22.2 Å². The Bertz CT molecular complexity index is 1070. The Hall–Kier alpha value is -2.24. The van der Waals surface area contributed by atoms with Crippen LogP contribution in [0.2, 0.25) is 0 Å². The van der Waals surface area contributed by atoms with Gasteiger partial charge in [-0.2, -0.15) is 0 Å². The summed E-state index contributed by atoms with van der Waals surface area (Å²) in [6, 6.07) is 14.0. The molecule has 4 rings (SSSR count). The minimum atomic E-state index is -0.953. The van der Waals surface area contributed by atoms with E-state index in [0.717, 1.165) is 32.9 Å². The fourth-order valence-electron chi connectivity index (χ4n) is 2.85. The Balaban J connectivity index is 1.74. The van der Waals surface area contributed by atoms with Gasteiger partial charge in [-0.1, -0.05) is 18.2 Å². The smallest absolute Gasteiger partial charge is 0.351 e. The molecule has 0 radical (unpaired) electrons. The summed E-state index contributed by atoms with van der Waals surface area (Å²) >= 11 is 0. The molecule has 4 nitrogen and oxygen atoms in total. The topological polar surface area (TPSA) is 55.7 Å².